The van der Waals surface area contributed by atoms with Gasteiger partial charge in [0.15, 0.2) is 0 Å². The molecule has 3 heteroatoms. The number of ether oxygens (including phenoxy) is 1. The third-order valence-electron chi connectivity index (χ3n) is 2.25. The lowest BCUT2D eigenvalue weighted by Gasteiger charge is -2.31. The van der Waals surface area contributed by atoms with E-state index in [9.17, 15) is 9.90 Å². The first kappa shape index (κ1) is 8.53. The summed E-state index contributed by atoms with van der Waals surface area (Å²) in [7, 11) is 0. The molecule has 1 fully saturated rings. The number of cyclic esters (lactones) is 1. The maximum atomic E-state index is 10.8. The second-order valence-electron chi connectivity index (χ2n) is 3.07. The quantitative estimate of drug-likeness (QED) is 0.572. The van der Waals surface area contributed by atoms with Gasteiger partial charge in [-0.3, -0.25) is 4.79 Å². The molecule has 1 saturated heterocycles. The highest BCUT2D eigenvalue weighted by Crippen LogP contribution is 2.23. The zero-order valence-electron chi connectivity index (χ0n) is 6.91. The predicted octanol–water partition coefficient (Wildman–Crippen LogP) is 0.709. The molecule has 11 heavy (non-hydrogen) atoms. The van der Waals surface area contributed by atoms with E-state index in [0.717, 1.165) is 6.42 Å². The Labute approximate surface area is 66.4 Å². The molecular formula is C8H14O3. The summed E-state index contributed by atoms with van der Waals surface area (Å²) in [5, 5.41) is 9.35. The minimum Gasteiger partial charge on any atom is -0.462 e. The van der Waals surface area contributed by atoms with E-state index in [4.69, 9.17) is 4.74 Å². The van der Waals surface area contributed by atoms with Crippen LogP contribution in [0.15, 0.2) is 0 Å². The summed E-state index contributed by atoms with van der Waals surface area (Å²) < 4.78 is 5.02. The van der Waals surface area contributed by atoms with Crippen molar-refractivity contribution in [3.05, 3.63) is 0 Å². The van der Waals surface area contributed by atoms with Crippen LogP contribution in [0.2, 0.25) is 0 Å². The summed E-state index contributed by atoms with van der Waals surface area (Å²) in [5.74, 6) is -0.194. The number of hydrogen-bond donors (Lipinski definition) is 1. The molecule has 0 aromatic heterocycles. The first-order chi connectivity index (χ1) is 5.15. The SMILES string of the molecule is CCC1OC(=O)C[C@@H](O)[C@H]1C. The summed E-state index contributed by atoms with van der Waals surface area (Å²) >= 11 is 0. The van der Waals surface area contributed by atoms with E-state index >= 15 is 0 Å². The zero-order valence-corrected chi connectivity index (χ0v) is 6.91. The van der Waals surface area contributed by atoms with Gasteiger partial charge in [-0.15, -0.1) is 0 Å². The molecule has 1 N–H and O–H groups in total. The van der Waals surface area contributed by atoms with Crippen molar-refractivity contribution in [3.8, 4) is 0 Å². The molecule has 0 saturated carbocycles. The summed E-state index contributed by atoms with van der Waals surface area (Å²) in [6.07, 6.45) is 0.328. The first-order valence-electron chi connectivity index (χ1n) is 4.02. The van der Waals surface area contributed by atoms with Gasteiger partial charge in [0.05, 0.1) is 12.5 Å². The number of aliphatic hydroxyl groups is 1. The van der Waals surface area contributed by atoms with E-state index < -0.39 is 6.10 Å². The fourth-order valence-electron chi connectivity index (χ4n) is 1.38. The molecule has 0 aromatic rings. The smallest absolute Gasteiger partial charge is 0.308 e. The molecule has 0 radical (unpaired) electrons. The zero-order chi connectivity index (χ0) is 8.43. The van der Waals surface area contributed by atoms with Crippen molar-refractivity contribution < 1.29 is 14.6 Å². The fourth-order valence-corrected chi connectivity index (χ4v) is 1.38. The average Bonchev–Trinajstić information content (AvgIpc) is 1.96. The molecule has 1 aliphatic heterocycles. The average molecular weight is 158 g/mol. The Hall–Kier alpha value is -0.570. The van der Waals surface area contributed by atoms with Gasteiger partial charge in [0.25, 0.3) is 0 Å². The molecule has 1 heterocycles. The second-order valence-corrected chi connectivity index (χ2v) is 3.07. The van der Waals surface area contributed by atoms with Gasteiger partial charge in [0, 0.05) is 5.92 Å². The highest BCUT2D eigenvalue weighted by Gasteiger charge is 2.33. The molecule has 1 rings (SSSR count). The maximum absolute atomic E-state index is 10.8. The lowest BCUT2D eigenvalue weighted by Crippen LogP contribution is -2.40. The Morgan fingerprint density at radius 1 is 1.73 bits per heavy atom. The number of carbonyl (C=O) groups is 1. The second kappa shape index (κ2) is 3.22. The van der Waals surface area contributed by atoms with E-state index in [-0.39, 0.29) is 24.4 Å². The summed E-state index contributed by atoms with van der Waals surface area (Å²) in [4.78, 5) is 10.8. The fraction of sp³-hybridized carbons (Fsp3) is 0.875. The van der Waals surface area contributed by atoms with Gasteiger partial charge in [-0.2, -0.15) is 0 Å². The van der Waals surface area contributed by atoms with Crippen LogP contribution in [-0.2, 0) is 9.53 Å². The summed E-state index contributed by atoms with van der Waals surface area (Å²) in [5.41, 5.74) is 0. The Bertz CT molecular complexity index is 155. The number of aliphatic hydroxyl groups excluding tert-OH is 1. The van der Waals surface area contributed by atoms with Crippen molar-refractivity contribution in [1.29, 1.82) is 0 Å². The van der Waals surface area contributed by atoms with Crippen molar-refractivity contribution in [2.45, 2.75) is 38.9 Å². The van der Waals surface area contributed by atoms with Gasteiger partial charge in [0.2, 0.25) is 0 Å². The molecule has 3 nitrogen and oxygen atoms in total. The predicted molar refractivity (Wildman–Crippen MR) is 40.0 cm³/mol. The van der Waals surface area contributed by atoms with E-state index in [2.05, 4.69) is 0 Å². The molecule has 0 spiro atoms. The highest BCUT2D eigenvalue weighted by molar-refractivity contribution is 5.71. The molecule has 0 aliphatic carbocycles. The number of hydrogen-bond acceptors (Lipinski definition) is 3. The minimum absolute atomic E-state index is 0.0812. The van der Waals surface area contributed by atoms with Gasteiger partial charge in [-0.25, -0.2) is 0 Å². The standard InChI is InChI=1S/C8H14O3/c1-3-7-5(2)6(9)4-8(10)11-7/h5-7,9H,3-4H2,1-2H3/t5-,6-,7?/m1/s1. The molecule has 3 atom stereocenters. The van der Waals surface area contributed by atoms with Crippen molar-refractivity contribution >= 4 is 5.97 Å². The van der Waals surface area contributed by atoms with Crippen LogP contribution in [-0.4, -0.2) is 23.3 Å². The van der Waals surface area contributed by atoms with E-state index in [1.54, 1.807) is 0 Å². The minimum atomic E-state index is -0.513. The van der Waals surface area contributed by atoms with Crippen molar-refractivity contribution in [2.75, 3.05) is 0 Å². The van der Waals surface area contributed by atoms with Crippen LogP contribution in [0, 0.1) is 5.92 Å². The molecule has 1 aliphatic rings. The third kappa shape index (κ3) is 1.71. The van der Waals surface area contributed by atoms with E-state index in [0.29, 0.717) is 0 Å². The molecule has 0 aromatic carbocycles. The van der Waals surface area contributed by atoms with E-state index in [1.165, 1.54) is 0 Å². The van der Waals surface area contributed by atoms with Gasteiger partial charge >= 0.3 is 5.97 Å². The Kier molecular flexibility index (Phi) is 2.49. The number of rotatable bonds is 1. The lowest BCUT2D eigenvalue weighted by atomic mass is 9.92. The van der Waals surface area contributed by atoms with Crippen LogP contribution in [0.5, 0.6) is 0 Å². The van der Waals surface area contributed by atoms with E-state index in [1.807, 2.05) is 13.8 Å². The molecule has 0 amide bonds. The first-order valence-corrected chi connectivity index (χ1v) is 4.02. The maximum Gasteiger partial charge on any atom is 0.308 e. The lowest BCUT2D eigenvalue weighted by molar-refractivity contribution is -0.167. The van der Waals surface area contributed by atoms with Gasteiger partial charge in [0.1, 0.15) is 6.10 Å². The summed E-state index contributed by atoms with van der Waals surface area (Å²) in [6, 6.07) is 0. The number of esters is 1. The molecular weight excluding hydrogens is 144 g/mol. The van der Waals surface area contributed by atoms with Crippen molar-refractivity contribution in [3.63, 3.8) is 0 Å². The van der Waals surface area contributed by atoms with Gasteiger partial charge in [-0.1, -0.05) is 13.8 Å². The van der Waals surface area contributed by atoms with Crippen LogP contribution in [0.4, 0.5) is 0 Å². The Morgan fingerprint density at radius 2 is 2.36 bits per heavy atom. The number of carbonyl (C=O) groups excluding carboxylic acids is 1. The van der Waals surface area contributed by atoms with Gasteiger partial charge < -0.3 is 9.84 Å². The van der Waals surface area contributed by atoms with Crippen LogP contribution >= 0.6 is 0 Å². The topological polar surface area (TPSA) is 46.5 Å². The Balaban J connectivity index is 2.58. The molecule has 64 valence electrons. The van der Waals surface area contributed by atoms with Crippen LogP contribution in [0.1, 0.15) is 26.7 Å². The van der Waals surface area contributed by atoms with Crippen LogP contribution < -0.4 is 0 Å². The van der Waals surface area contributed by atoms with Crippen molar-refractivity contribution in [1.82, 2.24) is 0 Å². The van der Waals surface area contributed by atoms with Gasteiger partial charge in [-0.05, 0) is 6.42 Å². The third-order valence-corrected chi connectivity index (χ3v) is 2.25. The highest BCUT2D eigenvalue weighted by atomic mass is 16.5. The van der Waals surface area contributed by atoms with Crippen molar-refractivity contribution in [2.24, 2.45) is 5.92 Å². The monoisotopic (exact) mass is 158 g/mol. The normalized spacial score (nSPS) is 38.5. The van der Waals surface area contributed by atoms with Crippen LogP contribution in [0.3, 0.4) is 0 Å². The molecule has 0 bridgehead atoms. The molecule has 1 unspecified atom stereocenters. The van der Waals surface area contributed by atoms with Crippen LogP contribution in [0.25, 0.3) is 0 Å². The summed E-state index contributed by atoms with van der Waals surface area (Å²) in [6.45, 7) is 3.86. The Morgan fingerprint density at radius 3 is 2.91 bits per heavy atom. The largest absolute Gasteiger partial charge is 0.462 e.